The van der Waals surface area contributed by atoms with Crippen LogP contribution in [0.4, 0.5) is 5.69 Å². The summed E-state index contributed by atoms with van der Waals surface area (Å²) in [7, 11) is 5.46. The first kappa shape index (κ1) is 30.2. The number of carbonyl (C=O) groups excluding carboxylic acids is 3. The van der Waals surface area contributed by atoms with E-state index >= 15 is 0 Å². The first-order valence-corrected chi connectivity index (χ1v) is 13.1. The molecule has 8 nitrogen and oxygen atoms in total. The molecule has 2 rings (SSSR count). The van der Waals surface area contributed by atoms with Crippen LogP contribution < -0.4 is 9.64 Å². The molecule has 202 valence electrons. The maximum atomic E-state index is 12.7. The Balaban J connectivity index is 2.51. The number of hydrogen-bond acceptors (Lipinski definition) is 8. The molecule has 2 atom stereocenters. The van der Waals surface area contributed by atoms with Crippen molar-refractivity contribution in [1.29, 1.82) is 0 Å². The lowest BCUT2D eigenvalue weighted by Gasteiger charge is -2.27. The van der Waals surface area contributed by atoms with Crippen LogP contribution in [0.3, 0.4) is 0 Å². The maximum absolute atomic E-state index is 12.7. The molecule has 2 aromatic rings. The molecule has 2 aromatic carbocycles. The third-order valence-corrected chi connectivity index (χ3v) is 6.95. The third-order valence-electron chi connectivity index (χ3n) is 5.44. The second kappa shape index (κ2) is 14.6. The molecule has 0 heterocycles. The zero-order chi connectivity index (χ0) is 27.5. The van der Waals surface area contributed by atoms with Gasteiger partial charge < -0.3 is 24.0 Å². The van der Waals surface area contributed by atoms with Crippen molar-refractivity contribution in [1.82, 2.24) is 4.90 Å². The molecule has 37 heavy (non-hydrogen) atoms. The van der Waals surface area contributed by atoms with Crippen molar-refractivity contribution in [3.05, 3.63) is 53.6 Å². The highest BCUT2D eigenvalue weighted by Crippen LogP contribution is 2.43. The zero-order valence-electron chi connectivity index (χ0n) is 22.7. The van der Waals surface area contributed by atoms with Gasteiger partial charge in [-0.3, -0.25) is 9.59 Å². The highest BCUT2D eigenvalue weighted by Gasteiger charge is 2.26. The van der Waals surface area contributed by atoms with Crippen LogP contribution in [0.1, 0.15) is 48.9 Å². The topological polar surface area (TPSA) is 85.4 Å². The largest absolute Gasteiger partial charge is 0.497 e. The van der Waals surface area contributed by atoms with Gasteiger partial charge in [-0.1, -0.05) is 26.0 Å². The van der Waals surface area contributed by atoms with E-state index in [0.717, 1.165) is 16.9 Å². The Hall–Kier alpha value is -3.04. The minimum absolute atomic E-state index is 0.206. The van der Waals surface area contributed by atoms with Gasteiger partial charge in [-0.15, -0.1) is 11.8 Å². The van der Waals surface area contributed by atoms with Gasteiger partial charge >= 0.3 is 11.9 Å². The van der Waals surface area contributed by atoms with Gasteiger partial charge in [0.05, 0.1) is 30.2 Å². The molecule has 2 unspecified atom stereocenters. The molecule has 0 spiro atoms. The fourth-order valence-corrected chi connectivity index (χ4v) is 4.78. The van der Waals surface area contributed by atoms with Crippen molar-refractivity contribution in [3.8, 4) is 5.75 Å². The van der Waals surface area contributed by atoms with Crippen molar-refractivity contribution < 1.29 is 28.6 Å². The molecule has 0 aliphatic heterocycles. The summed E-state index contributed by atoms with van der Waals surface area (Å²) < 4.78 is 16.3. The molecular formula is C28H38N2O6S. The van der Waals surface area contributed by atoms with E-state index in [4.69, 9.17) is 14.2 Å². The zero-order valence-corrected chi connectivity index (χ0v) is 23.5. The molecule has 9 heteroatoms. The summed E-state index contributed by atoms with van der Waals surface area (Å²) in [4.78, 5) is 41.0. The maximum Gasteiger partial charge on any atom is 0.338 e. The molecule has 0 bridgehead atoms. The summed E-state index contributed by atoms with van der Waals surface area (Å²) in [5, 5.41) is -0.283. The van der Waals surface area contributed by atoms with Gasteiger partial charge in [0.15, 0.2) is 0 Å². The SMILES string of the molecule is COc1ccc(C(Sc2ccc(C(=O)OCC(C)C)cc2N(C=O)CCN(C)C)C(C)OC(C)=O)cc1. The lowest BCUT2D eigenvalue weighted by molar-refractivity contribution is -0.145. The number of hydrogen-bond donors (Lipinski definition) is 0. The number of nitrogens with zero attached hydrogens (tertiary/aromatic N) is 2. The predicted octanol–water partition coefficient (Wildman–Crippen LogP) is 4.82. The van der Waals surface area contributed by atoms with Crippen molar-refractivity contribution in [2.45, 2.75) is 43.9 Å². The summed E-state index contributed by atoms with van der Waals surface area (Å²) in [6.45, 7) is 8.53. The van der Waals surface area contributed by atoms with Crippen LogP contribution in [-0.2, 0) is 19.1 Å². The third kappa shape index (κ3) is 9.40. The second-order valence-electron chi connectivity index (χ2n) is 9.40. The number of anilines is 1. The highest BCUT2D eigenvalue weighted by atomic mass is 32.2. The summed E-state index contributed by atoms with van der Waals surface area (Å²) in [5.41, 5.74) is 1.89. The van der Waals surface area contributed by atoms with E-state index in [2.05, 4.69) is 0 Å². The predicted molar refractivity (Wildman–Crippen MR) is 146 cm³/mol. The van der Waals surface area contributed by atoms with Crippen molar-refractivity contribution in [3.63, 3.8) is 0 Å². The number of amides is 1. The first-order chi connectivity index (χ1) is 17.5. The quantitative estimate of drug-likeness (QED) is 0.195. The molecule has 0 saturated carbocycles. The summed E-state index contributed by atoms with van der Waals surface area (Å²) >= 11 is 1.46. The van der Waals surface area contributed by atoms with Crippen LogP contribution in [0, 0.1) is 5.92 Å². The number of esters is 2. The van der Waals surface area contributed by atoms with E-state index in [0.29, 0.717) is 36.7 Å². The minimum atomic E-state index is -0.467. The molecule has 0 N–H and O–H groups in total. The monoisotopic (exact) mass is 530 g/mol. The smallest absolute Gasteiger partial charge is 0.338 e. The van der Waals surface area contributed by atoms with Gasteiger partial charge in [0, 0.05) is 24.9 Å². The van der Waals surface area contributed by atoms with E-state index in [1.54, 1.807) is 24.1 Å². The summed E-state index contributed by atoms with van der Waals surface area (Å²) in [6.07, 6.45) is 0.301. The van der Waals surface area contributed by atoms with Crippen LogP contribution in [-0.4, -0.2) is 70.3 Å². The van der Waals surface area contributed by atoms with Gasteiger partial charge in [0.1, 0.15) is 11.9 Å². The van der Waals surface area contributed by atoms with Gasteiger partial charge in [-0.05, 0) is 62.8 Å². The van der Waals surface area contributed by atoms with Crippen LogP contribution in [0.5, 0.6) is 5.75 Å². The van der Waals surface area contributed by atoms with Crippen LogP contribution in [0.2, 0.25) is 0 Å². The van der Waals surface area contributed by atoms with E-state index in [9.17, 15) is 14.4 Å². The normalized spacial score (nSPS) is 12.7. The van der Waals surface area contributed by atoms with Gasteiger partial charge in [-0.25, -0.2) is 4.79 Å². The molecule has 0 aliphatic carbocycles. The standard InChI is InChI=1S/C28H38N2O6S/c1-19(2)17-35-28(33)23-10-13-26(25(16-23)30(18-31)15-14-29(5)6)37-27(20(3)36-21(4)32)22-8-11-24(34-7)12-9-22/h8-13,16,18-20,27H,14-15,17H2,1-7H3. The summed E-state index contributed by atoms with van der Waals surface area (Å²) in [5.74, 6) is 0.103. The molecule has 1 amide bonds. The van der Waals surface area contributed by atoms with Crippen molar-refractivity contribution in [2.75, 3.05) is 45.8 Å². The van der Waals surface area contributed by atoms with Crippen LogP contribution in [0.25, 0.3) is 0 Å². The molecule has 0 aromatic heterocycles. The number of rotatable bonds is 14. The van der Waals surface area contributed by atoms with E-state index in [1.807, 2.05) is 70.1 Å². The van der Waals surface area contributed by atoms with Crippen molar-refractivity contribution in [2.24, 2.45) is 5.92 Å². The fourth-order valence-electron chi connectivity index (χ4n) is 3.52. The fraction of sp³-hybridized carbons (Fsp3) is 0.464. The van der Waals surface area contributed by atoms with E-state index in [-0.39, 0.29) is 17.1 Å². The Morgan fingerprint density at radius 1 is 1.03 bits per heavy atom. The van der Waals surface area contributed by atoms with Gasteiger partial charge in [0.25, 0.3) is 0 Å². The number of benzene rings is 2. The first-order valence-electron chi connectivity index (χ1n) is 12.2. The van der Waals surface area contributed by atoms with Gasteiger partial charge in [0.2, 0.25) is 6.41 Å². The average molecular weight is 531 g/mol. The van der Waals surface area contributed by atoms with Gasteiger partial charge in [-0.2, -0.15) is 0 Å². The lowest BCUT2D eigenvalue weighted by Crippen LogP contribution is -2.31. The van der Waals surface area contributed by atoms with E-state index < -0.39 is 12.1 Å². The van der Waals surface area contributed by atoms with Crippen LogP contribution in [0.15, 0.2) is 47.4 Å². The number of methoxy groups -OCH3 is 1. The van der Waals surface area contributed by atoms with Crippen LogP contribution >= 0.6 is 11.8 Å². The number of ether oxygens (including phenoxy) is 3. The Bertz CT molecular complexity index is 1040. The molecule has 0 radical (unpaired) electrons. The Morgan fingerprint density at radius 2 is 1.70 bits per heavy atom. The number of likely N-dealkylation sites (N-methyl/N-ethyl adjacent to an activating group) is 1. The number of thioether (sulfide) groups is 1. The molecule has 0 aliphatic rings. The van der Waals surface area contributed by atoms with Crippen molar-refractivity contribution >= 4 is 35.8 Å². The van der Waals surface area contributed by atoms with E-state index in [1.165, 1.54) is 18.7 Å². The molecule has 0 saturated heterocycles. The number of carbonyl (C=O) groups is 3. The molecular weight excluding hydrogens is 492 g/mol. The Kier molecular flexibility index (Phi) is 11.9. The Labute approximate surface area is 224 Å². The Morgan fingerprint density at radius 3 is 2.24 bits per heavy atom. The average Bonchev–Trinajstić information content (AvgIpc) is 2.86. The minimum Gasteiger partial charge on any atom is -0.497 e. The highest BCUT2D eigenvalue weighted by molar-refractivity contribution is 7.99. The molecule has 0 fully saturated rings. The summed E-state index contributed by atoms with van der Waals surface area (Å²) in [6, 6.07) is 12.8. The lowest BCUT2D eigenvalue weighted by atomic mass is 10.1. The second-order valence-corrected chi connectivity index (χ2v) is 10.6.